The number of aromatic amines is 1. The number of hydrogen-bond donors (Lipinski definition) is 3. The lowest BCUT2D eigenvalue weighted by Crippen LogP contribution is -2.46. The van der Waals surface area contributed by atoms with Gasteiger partial charge in [0.25, 0.3) is 5.56 Å². The maximum atomic E-state index is 13.3. The number of H-pyrrole nitrogens is 1. The van der Waals surface area contributed by atoms with Crippen molar-refractivity contribution < 1.29 is 9.18 Å². The minimum atomic E-state index is -0.303. The second kappa shape index (κ2) is 7.39. The third kappa shape index (κ3) is 3.79. The molecule has 3 N–H and O–H groups in total. The quantitative estimate of drug-likeness (QED) is 0.755. The average Bonchev–Trinajstić information content (AvgIpc) is 2.58. The van der Waals surface area contributed by atoms with E-state index in [-0.39, 0.29) is 29.7 Å². The van der Waals surface area contributed by atoms with Crippen LogP contribution in [-0.4, -0.2) is 17.4 Å². The van der Waals surface area contributed by atoms with E-state index < -0.39 is 0 Å². The van der Waals surface area contributed by atoms with Gasteiger partial charge in [0.2, 0.25) is 5.91 Å². The molecule has 0 spiro atoms. The number of benzene rings is 1. The highest BCUT2D eigenvalue weighted by molar-refractivity contribution is 5.79. The van der Waals surface area contributed by atoms with Crippen LogP contribution < -0.4 is 26.8 Å². The van der Waals surface area contributed by atoms with Crippen molar-refractivity contribution in [2.45, 2.75) is 40.2 Å². The second-order valence-electron chi connectivity index (χ2n) is 7.02. The molecule has 27 heavy (non-hydrogen) atoms. The summed E-state index contributed by atoms with van der Waals surface area (Å²) in [6.07, 6.45) is 1.92. The molecule has 0 fully saturated rings. The van der Waals surface area contributed by atoms with E-state index in [0.29, 0.717) is 12.1 Å². The summed E-state index contributed by atoms with van der Waals surface area (Å²) in [5.41, 5.74) is 3.65. The highest BCUT2D eigenvalue weighted by atomic mass is 19.1. The van der Waals surface area contributed by atoms with Crippen LogP contribution in [0.25, 0.3) is 11.8 Å². The average molecular weight is 369 g/mol. The molecule has 0 unspecified atom stereocenters. The molecule has 6 heteroatoms. The van der Waals surface area contributed by atoms with E-state index in [1.807, 2.05) is 33.8 Å². The summed E-state index contributed by atoms with van der Waals surface area (Å²) in [5.74, 6) is -0.548. The van der Waals surface area contributed by atoms with Gasteiger partial charge in [-0.05, 0) is 62.6 Å². The monoisotopic (exact) mass is 369 g/mol. The number of amides is 1. The van der Waals surface area contributed by atoms with Crippen molar-refractivity contribution in [3.8, 4) is 0 Å². The molecule has 0 radical (unpaired) electrons. The first-order chi connectivity index (χ1) is 12.8. The van der Waals surface area contributed by atoms with Crippen molar-refractivity contribution in [1.29, 1.82) is 0 Å². The summed E-state index contributed by atoms with van der Waals surface area (Å²) in [6, 6.07) is 4.22. The lowest BCUT2D eigenvalue weighted by atomic mass is 10.0. The minimum absolute atomic E-state index is 0.00763. The number of aryl methyl sites for hydroxylation is 1. The minimum Gasteiger partial charge on any atom is -0.384 e. The summed E-state index contributed by atoms with van der Waals surface area (Å²) < 4.78 is 13.3. The smallest absolute Gasteiger partial charge is 0.252 e. The third-order valence-corrected chi connectivity index (χ3v) is 5.08. The first kappa shape index (κ1) is 18.9. The molecule has 142 valence electrons. The maximum Gasteiger partial charge on any atom is 0.252 e. The predicted molar refractivity (Wildman–Crippen MR) is 104 cm³/mol. The van der Waals surface area contributed by atoms with Crippen molar-refractivity contribution in [2.75, 3.05) is 6.54 Å². The molecule has 1 aliphatic heterocycles. The lowest BCUT2D eigenvalue weighted by molar-refractivity contribution is -0.121. The van der Waals surface area contributed by atoms with Crippen LogP contribution in [0.5, 0.6) is 0 Å². The number of carbonyl (C=O) groups is 1. The van der Waals surface area contributed by atoms with Gasteiger partial charge in [0, 0.05) is 28.4 Å². The first-order valence-electron chi connectivity index (χ1n) is 9.00. The molecule has 2 aromatic rings. The zero-order valence-electron chi connectivity index (χ0n) is 16.0. The molecular formula is C21H24FN3O2. The van der Waals surface area contributed by atoms with Crippen molar-refractivity contribution in [1.82, 2.24) is 15.6 Å². The molecule has 0 saturated heterocycles. The van der Waals surface area contributed by atoms with Crippen LogP contribution in [-0.2, 0) is 11.2 Å². The van der Waals surface area contributed by atoms with Gasteiger partial charge in [0.15, 0.2) is 0 Å². The van der Waals surface area contributed by atoms with Crippen molar-refractivity contribution in [3.63, 3.8) is 0 Å². The second-order valence-corrected chi connectivity index (χ2v) is 7.02. The fourth-order valence-corrected chi connectivity index (χ4v) is 3.68. The SMILES string of the molecule is CC1=c2c(C)c(CC(=O)N[C@@H](C)c3ccc(F)cc3C)c(=O)[nH]c2=CCN1. The van der Waals surface area contributed by atoms with Crippen LogP contribution >= 0.6 is 0 Å². The lowest BCUT2D eigenvalue weighted by Gasteiger charge is -2.18. The number of carbonyl (C=O) groups excluding carboxylic acids is 1. The molecule has 1 aromatic heterocycles. The number of rotatable bonds is 4. The van der Waals surface area contributed by atoms with Crippen LogP contribution in [0.4, 0.5) is 4.39 Å². The number of hydrogen-bond acceptors (Lipinski definition) is 3. The number of nitrogens with one attached hydrogen (secondary N) is 3. The Kier molecular flexibility index (Phi) is 5.17. The van der Waals surface area contributed by atoms with Gasteiger partial charge in [-0.3, -0.25) is 9.59 Å². The standard InChI is InChI=1S/C21H24FN3O2/c1-11-9-15(22)5-6-16(11)13(3)24-19(26)10-17-12(2)20-14(4)23-8-7-18(20)25-21(17)27/h5-7,9,13,23H,8,10H2,1-4H3,(H,24,26)(H,25,27)/t13-/m0/s1. The first-order valence-corrected chi connectivity index (χ1v) is 9.00. The molecule has 1 atom stereocenters. The highest BCUT2D eigenvalue weighted by Gasteiger charge is 2.17. The van der Waals surface area contributed by atoms with Gasteiger partial charge in [-0.2, -0.15) is 0 Å². The van der Waals surface area contributed by atoms with Gasteiger partial charge in [-0.15, -0.1) is 0 Å². The number of aromatic nitrogens is 1. The van der Waals surface area contributed by atoms with E-state index >= 15 is 0 Å². The third-order valence-electron chi connectivity index (χ3n) is 5.08. The summed E-state index contributed by atoms with van der Waals surface area (Å²) in [7, 11) is 0. The maximum absolute atomic E-state index is 13.3. The predicted octanol–water partition coefficient (Wildman–Crippen LogP) is 1.06. The van der Waals surface area contributed by atoms with E-state index in [9.17, 15) is 14.0 Å². The number of fused-ring (bicyclic) bond motifs is 1. The molecule has 5 nitrogen and oxygen atoms in total. The van der Waals surface area contributed by atoms with Gasteiger partial charge in [0.05, 0.1) is 12.5 Å². The normalized spacial score (nSPS) is 14.0. The van der Waals surface area contributed by atoms with Gasteiger partial charge in [0.1, 0.15) is 5.82 Å². The topological polar surface area (TPSA) is 74.0 Å². The Hall–Kier alpha value is -2.89. The summed E-state index contributed by atoms with van der Waals surface area (Å²) in [6.45, 7) is 8.15. The zero-order chi connectivity index (χ0) is 19.7. The van der Waals surface area contributed by atoms with Crippen LogP contribution in [0.2, 0.25) is 0 Å². The van der Waals surface area contributed by atoms with Crippen LogP contribution in [0.15, 0.2) is 23.0 Å². The van der Waals surface area contributed by atoms with Crippen LogP contribution in [0, 0.1) is 19.7 Å². The molecule has 2 heterocycles. The number of halogens is 1. The van der Waals surface area contributed by atoms with Crippen LogP contribution in [0.3, 0.4) is 0 Å². The van der Waals surface area contributed by atoms with Gasteiger partial charge >= 0.3 is 0 Å². The molecular weight excluding hydrogens is 345 g/mol. The Balaban J connectivity index is 1.86. The van der Waals surface area contributed by atoms with Gasteiger partial charge < -0.3 is 15.6 Å². The molecule has 0 bridgehead atoms. The molecule has 1 amide bonds. The largest absolute Gasteiger partial charge is 0.384 e. The summed E-state index contributed by atoms with van der Waals surface area (Å²) >= 11 is 0. The van der Waals surface area contributed by atoms with Crippen LogP contribution in [0.1, 0.15) is 42.1 Å². The fourth-order valence-electron chi connectivity index (χ4n) is 3.68. The molecule has 1 aliphatic rings. The fraction of sp³-hybridized carbons (Fsp3) is 0.333. The Bertz CT molecular complexity index is 1090. The Morgan fingerprint density at radius 1 is 1.30 bits per heavy atom. The van der Waals surface area contributed by atoms with Gasteiger partial charge in [-0.1, -0.05) is 6.07 Å². The Morgan fingerprint density at radius 3 is 2.74 bits per heavy atom. The van der Waals surface area contributed by atoms with Crippen molar-refractivity contribution in [3.05, 3.63) is 67.2 Å². The Morgan fingerprint density at radius 2 is 2.04 bits per heavy atom. The summed E-state index contributed by atoms with van der Waals surface area (Å²) in [5, 5.41) is 7.91. The molecule has 0 aliphatic carbocycles. The highest BCUT2D eigenvalue weighted by Crippen LogP contribution is 2.18. The van der Waals surface area contributed by atoms with E-state index in [4.69, 9.17) is 0 Å². The van der Waals surface area contributed by atoms with Crippen molar-refractivity contribution in [2.24, 2.45) is 0 Å². The van der Waals surface area contributed by atoms with E-state index in [0.717, 1.165) is 33.0 Å². The molecule has 3 rings (SSSR count). The number of pyridine rings is 1. The summed E-state index contributed by atoms with van der Waals surface area (Å²) in [4.78, 5) is 27.9. The Labute approximate surface area is 157 Å². The van der Waals surface area contributed by atoms with E-state index in [2.05, 4.69) is 15.6 Å². The molecule has 1 aromatic carbocycles. The van der Waals surface area contributed by atoms with Gasteiger partial charge in [-0.25, -0.2) is 4.39 Å². The molecule has 0 saturated carbocycles. The van der Waals surface area contributed by atoms with E-state index in [1.54, 1.807) is 6.07 Å². The van der Waals surface area contributed by atoms with E-state index in [1.165, 1.54) is 12.1 Å². The zero-order valence-corrected chi connectivity index (χ0v) is 16.0. The van der Waals surface area contributed by atoms with Crippen molar-refractivity contribution >= 4 is 17.7 Å².